The number of likely N-dealkylation sites (tertiary alicyclic amines) is 1. The molecule has 2 heterocycles. The third kappa shape index (κ3) is 3.21. The Balaban J connectivity index is 1.78. The molecule has 2 aliphatic heterocycles. The van der Waals surface area contributed by atoms with E-state index in [1.165, 1.54) is 38.9 Å². The minimum Gasteiger partial charge on any atom is -0.379 e. The van der Waals surface area contributed by atoms with E-state index in [1.807, 2.05) is 0 Å². The van der Waals surface area contributed by atoms with Crippen LogP contribution in [-0.4, -0.2) is 50.8 Å². The summed E-state index contributed by atoms with van der Waals surface area (Å²) >= 11 is 0. The summed E-state index contributed by atoms with van der Waals surface area (Å²) in [5.41, 5.74) is 0.602. The molecule has 2 rings (SSSR count). The number of nitrogens with one attached hydrogen (secondary N) is 1. The van der Waals surface area contributed by atoms with E-state index in [2.05, 4.69) is 31.1 Å². The average molecular weight is 240 g/mol. The van der Waals surface area contributed by atoms with Crippen molar-refractivity contribution >= 4 is 0 Å². The van der Waals surface area contributed by atoms with Gasteiger partial charge in [0.05, 0.1) is 13.2 Å². The summed E-state index contributed by atoms with van der Waals surface area (Å²) in [6, 6.07) is 0.564. The maximum atomic E-state index is 5.58. The second kappa shape index (κ2) is 5.68. The van der Waals surface area contributed by atoms with Crippen LogP contribution in [-0.2, 0) is 4.74 Å². The zero-order valence-electron chi connectivity index (χ0n) is 11.7. The molecule has 0 spiro atoms. The second-order valence-electron chi connectivity index (χ2n) is 6.16. The first-order chi connectivity index (χ1) is 8.17. The number of ether oxygens (including phenoxy) is 1. The summed E-state index contributed by atoms with van der Waals surface area (Å²) < 4.78 is 5.58. The van der Waals surface area contributed by atoms with Gasteiger partial charge in [-0.25, -0.2) is 0 Å². The fraction of sp³-hybridized carbons (Fsp3) is 1.00. The molecule has 0 aromatic carbocycles. The van der Waals surface area contributed by atoms with Crippen molar-refractivity contribution in [3.05, 3.63) is 0 Å². The first-order valence-electron chi connectivity index (χ1n) is 7.14. The van der Waals surface area contributed by atoms with Crippen molar-refractivity contribution in [1.82, 2.24) is 10.2 Å². The summed E-state index contributed by atoms with van der Waals surface area (Å²) in [5.74, 6) is 0.686. The number of rotatable bonds is 4. The van der Waals surface area contributed by atoms with Gasteiger partial charge in [0.15, 0.2) is 0 Å². The van der Waals surface area contributed by atoms with Gasteiger partial charge in [-0.15, -0.1) is 0 Å². The largest absolute Gasteiger partial charge is 0.379 e. The van der Waals surface area contributed by atoms with E-state index in [0.29, 0.717) is 17.4 Å². The number of nitrogens with zero attached hydrogens (tertiary/aromatic N) is 1. The molecule has 0 aromatic heterocycles. The van der Waals surface area contributed by atoms with Gasteiger partial charge in [-0.3, -0.25) is 0 Å². The first-order valence-corrected chi connectivity index (χ1v) is 7.14. The van der Waals surface area contributed by atoms with Crippen molar-refractivity contribution < 1.29 is 4.74 Å². The Hall–Kier alpha value is -0.120. The normalized spacial score (nSPS) is 34.1. The molecule has 0 aliphatic carbocycles. The molecule has 2 saturated heterocycles. The highest BCUT2D eigenvalue weighted by Gasteiger charge is 2.32. The number of piperidine rings is 1. The highest BCUT2D eigenvalue weighted by Crippen LogP contribution is 2.34. The fourth-order valence-electron chi connectivity index (χ4n) is 3.06. The second-order valence-corrected chi connectivity index (χ2v) is 6.16. The predicted octanol–water partition coefficient (Wildman–Crippen LogP) is 1.73. The van der Waals surface area contributed by atoms with Crippen LogP contribution in [0, 0.1) is 11.3 Å². The van der Waals surface area contributed by atoms with Crippen LogP contribution in [0.1, 0.15) is 33.1 Å². The fourth-order valence-corrected chi connectivity index (χ4v) is 3.06. The zero-order chi connectivity index (χ0) is 12.3. The Bertz CT molecular complexity index is 236. The lowest BCUT2D eigenvalue weighted by Gasteiger charge is -2.40. The molecule has 2 fully saturated rings. The van der Waals surface area contributed by atoms with Crippen LogP contribution < -0.4 is 5.32 Å². The lowest BCUT2D eigenvalue weighted by atomic mass is 9.78. The summed E-state index contributed by atoms with van der Waals surface area (Å²) in [5, 5.41) is 3.38. The molecule has 2 atom stereocenters. The van der Waals surface area contributed by atoms with Crippen LogP contribution in [0.5, 0.6) is 0 Å². The molecule has 100 valence electrons. The van der Waals surface area contributed by atoms with Crippen molar-refractivity contribution in [3.63, 3.8) is 0 Å². The van der Waals surface area contributed by atoms with Gasteiger partial charge in [0.1, 0.15) is 0 Å². The van der Waals surface area contributed by atoms with Gasteiger partial charge in [-0.1, -0.05) is 20.3 Å². The molecular weight excluding hydrogens is 212 g/mol. The van der Waals surface area contributed by atoms with E-state index < -0.39 is 0 Å². The van der Waals surface area contributed by atoms with Gasteiger partial charge in [0.2, 0.25) is 0 Å². The van der Waals surface area contributed by atoms with Crippen molar-refractivity contribution in [2.75, 3.05) is 39.9 Å². The number of hydrogen-bond acceptors (Lipinski definition) is 3. The summed E-state index contributed by atoms with van der Waals surface area (Å²) in [7, 11) is 2.05. The maximum Gasteiger partial charge on any atom is 0.0623 e. The van der Waals surface area contributed by atoms with Gasteiger partial charge in [0.25, 0.3) is 0 Å². The van der Waals surface area contributed by atoms with Gasteiger partial charge in [-0.05, 0) is 38.4 Å². The van der Waals surface area contributed by atoms with Crippen LogP contribution in [0.25, 0.3) is 0 Å². The molecule has 0 saturated carbocycles. The zero-order valence-corrected chi connectivity index (χ0v) is 11.7. The molecule has 1 N–H and O–H groups in total. The predicted molar refractivity (Wildman–Crippen MR) is 71.2 cm³/mol. The standard InChI is InChI=1S/C14H28N2O/c1-4-14(2)5-7-16(8-6-14)9-12-10-17-11-13(12)15-3/h12-13,15H,4-11H2,1-3H3. The van der Waals surface area contributed by atoms with Crippen LogP contribution in [0.15, 0.2) is 0 Å². The Morgan fingerprint density at radius 2 is 2.00 bits per heavy atom. The van der Waals surface area contributed by atoms with Crippen LogP contribution in [0.3, 0.4) is 0 Å². The third-order valence-electron chi connectivity index (χ3n) is 4.98. The van der Waals surface area contributed by atoms with Gasteiger partial charge < -0.3 is 15.0 Å². The Morgan fingerprint density at radius 3 is 2.59 bits per heavy atom. The van der Waals surface area contributed by atoms with Gasteiger partial charge in [-0.2, -0.15) is 0 Å². The van der Waals surface area contributed by atoms with Crippen LogP contribution in [0.2, 0.25) is 0 Å². The third-order valence-corrected chi connectivity index (χ3v) is 4.98. The van der Waals surface area contributed by atoms with E-state index in [9.17, 15) is 0 Å². The van der Waals surface area contributed by atoms with E-state index in [1.54, 1.807) is 0 Å². The molecule has 0 radical (unpaired) electrons. The van der Waals surface area contributed by atoms with Gasteiger partial charge in [0, 0.05) is 18.5 Å². The van der Waals surface area contributed by atoms with Crippen molar-refractivity contribution in [1.29, 1.82) is 0 Å². The van der Waals surface area contributed by atoms with E-state index >= 15 is 0 Å². The highest BCUT2D eigenvalue weighted by molar-refractivity contribution is 4.86. The molecule has 0 aromatic rings. The quantitative estimate of drug-likeness (QED) is 0.810. The van der Waals surface area contributed by atoms with E-state index in [0.717, 1.165) is 13.2 Å². The first kappa shape index (κ1) is 13.3. The summed E-state index contributed by atoms with van der Waals surface area (Å²) in [6.07, 6.45) is 4.05. The Kier molecular flexibility index (Phi) is 4.45. The molecule has 17 heavy (non-hydrogen) atoms. The molecule has 3 heteroatoms. The lowest BCUT2D eigenvalue weighted by molar-refractivity contribution is 0.0947. The Labute approximate surface area is 106 Å². The van der Waals surface area contributed by atoms with E-state index in [4.69, 9.17) is 4.74 Å². The molecule has 2 unspecified atom stereocenters. The average Bonchev–Trinajstić information content (AvgIpc) is 2.80. The molecular formula is C14H28N2O. The van der Waals surface area contributed by atoms with Crippen molar-refractivity contribution in [3.8, 4) is 0 Å². The molecule has 0 bridgehead atoms. The number of hydrogen-bond donors (Lipinski definition) is 1. The van der Waals surface area contributed by atoms with Gasteiger partial charge >= 0.3 is 0 Å². The van der Waals surface area contributed by atoms with Crippen LogP contribution >= 0.6 is 0 Å². The summed E-state index contributed by atoms with van der Waals surface area (Å²) in [4.78, 5) is 2.64. The summed E-state index contributed by atoms with van der Waals surface area (Å²) in [6.45, 7) is 10.4. The topological polar surface area (TPSA) is 24.5 Å². The minimum atomic E-state index is 0.564. The smallest absolute Gasteiger partial charge is 0.0623 e. The molecule has 2 aliphatic rings. The SMILES string of the molecule is CCC1(C)CCN(CC2COCC2NC)CC1. The minimum absolute atomic E-state index is 0.564. The monoisotopic (exact) mass is 240 g/mol. The van der Waals surface area contributed by atoms with E-state index in [-0.39, 0.29) is 0 Å². The molecule has 3 nitrogen and oxygen atoms in total. The van der Waals surface area contributed by atoms with Crippen molar-refractivity contribution in [2.24, 2.45) is 11.3 Å². The lowest BCUT2D eigenvalue weighted by Crippen LogP contribution is -2.44. The highest BCUT2D eigenvalue weighted by atomic mass is 16.5. The maximum absolute atomic E-state index is 5.58. The van der Waals surface area contributed by atoms with Crippen LogP contribution in [0.4, 0.5) is 0 Å². The Morgan fingerprint density at radius 1 is 1.29 bits per heavy atom. The van der Waals surface area contributed by atoms with Crippen molar-refractivity contribution in [2.45, 2.75) is 39.2 Å². The number of likely N-dealkylation sites (N-methyl/N-ethyl adjacent to an activating group) is 1. The molecule has 0 amide bonds.